The fraction of sp³-hybridized carbons (Fsp3) is 0.375. The van der Waals surface area contributed by atoms with Crippen molar-refractivity contribution in [3.8, 4) is 0 Å². The maximum Gasteiger partial charge on any atom is 0.231 e. The topological polar surface area (TPSA) is 61.6 Å². The third kappa shape index (κ3) is 3.56. The molecule has 0 saturated carbocycles. The summed E-state index contributed by atoms with van der Waals surface area (Å²) in [6.07, 6.45) is 2.91. The molecule has 1 fully saturated rings. The number of nitrogens with zero attached hydrogens (tertiary/aromatic N) is 1. The largest absolute Gasteiger partial charge is 0.353 e. The molecule has 0 radical (unpaired) electrons. The molecule has 2 aromatic rings. The van der Waals surface area contributed by atoms with E-state index in [1.165, 1.54) is 0 Å². The molecule has 1 saturated heterocycles. The summed E-state index contributed by atoms with van der Waals surface area (Å²) < 4.78 is 16.2. The van der Waals surface area contributed by atoms with Crippen LogP contribution in [0, 0.1) is 0 Å². The van der Waals surface area contributed by atoms with Gasteiger partial charge in [0, 0.05) is 18.2 Å². The maximum atomic E-state index is 12.2. The third-order valence-electron chi connectivity index (χ3n) is 3.37. The van der Waals surface area contributed by atoms with Crippen LogP contribution in [0.2, 0.25) is 0 Å². The van der Waals surface area contributed by atoms with Crippen molar-refractivity contribution in [3.05, 3.63) is 53.4 Å². The number of carbonyl (C=O) groups excluding carboxylic acids is 1. The fourth-order valence-electron chi connectivity index (χ4n) is 2.24. The van der Waals surface area contributed by atoms with E-state index >= 15 is 0 Å². The first-order valence-corrected chi connectivity index (χ1v) is 7.11. The Bertz CT molecular complexity index is 587. The van der Waals surface area contributed by atoms with Crippen LogP contribution < -0.4 is 0 Å². The van der Waals surface area contributed by atoms with Crippen LogP contribution in [0.5, 0.6) is 0 Å². The van der Waals surface area contributed by atoms with Gasteiger partial charge in [0.1, 0.15) is 5.69 Å². The molecule has 0 amide bonds. The number of ether oxygens (including phenoxy) is 2. The van der Waals surface area contributed by atoms with Gasteiger partial charge in [-0.05, 0) is 19.3 Å². The molecular weight excluding hydrogens is 270 g/mol. The lowest BCUT2D eigenvalue weighted by atomic mass is 10.1. The third-order valence-corrected chi connectivity index (χ3v) is 3.37. The smallest absolute Gasteiger partial charge is 0.231 e. The van der Waals surface area contributed by atoms with Crippen molar-refractivity contribution < 1.29 is 18.8 Å². The Balaban J connectivity index is 1.59. The first-order chi connectivity index (χ1) is 10.3. The zero-order valence-corrected chi connectivity index (χ0v) is 11.7. The van der Waals surface area contributed by atoms with Gasteiger partial charge < -0.3 is 14.0 Å². The molecule has 1 aromatic heterocycles. The van der Waals surface area contributed by atoms with Crippen molar-refractivity contribution in [2.75, 3.05) is 6.61 Å². The number of rotatable bonds is 5. The van der Waals surface area contributed by atoms with Gasteiger partial charge in [-0.25, -0.2) is 0 Å². The van der Waals surface area contributed by atoms with Gasteiger partial charge in [-0.2, -0.15) is 0 Å². The maximum absolute atomic E-state index is 12.2. The highest BCUT2D eigenvalue weighted by atomic mass is 16.7. The van der Waals surface area contributed by atoms with Crippen LogP contribution in [-0.2, 0) is 16.1 Å². The van der Waals surface area contributed by atoms with Gasteiger partial charge in [-0.3, -0.25) is 4.79 Å². The van der Waals surface area contributed by atoms with Crippen LogP contribution in [0.1, 0.15) is 41.1 Å². The predicted octanol–water partition coefficient (Wildman–Crippen LogP) is 2.95. The molecule has 1 aromatic carbocycles. The Labute approximate surface area is 122 Å². The van der Waals surface area contributed by atoms with Crippen molar-refractivity contribution in [2.45, 2.75) is 32.2 Å². The number of aromatic nitrogens is 1. The lowest BCUT2D eigenvalue weighted by molar-refractivity contribution is -0.169. The lowest BCUT2D eigenvalue weighted by Gasteiger charge is -2.21. The van der Waals surface area contributed by atoms with E-state index in [9.17, 15) is 4.79 Å². The summed E-state index contributed by atoms with van der Waals surface area (Å²) in [4.78, 5) is 12.2. The van der Waals surface area contributed by atoms with Crippen molar-refractivity contribution in [2.24, 2.45) is 0 Å². The molecule has 3 rings (SSSR count). The number of benzene rings is 1. The molecule has 1 atom stereocenters. The molecule has 1 aliphatic heterocycles. The van der Waals surface area contributed by atoms with Crippen LogP contribution in [0.3, 0.4) is 0 Å². The Morgan fingerprint density at radius 2 is 2.14 bits per heavy atom. The van der Waals surface area contributed by atoms with Crippen molar-refractivity contribution in [1.29, 1.82) is 0 Å². The summed E-state index contributed by atoms with van der Waals surface area (Å²) in [5.74, 6) is 0.0487. The summed E-state index contributed by atoms with van der Waals surface area (Å²) >= 11 is 0. The minimum atomic E-state index is -0.178. The van der Waals surface area contributed by atoms with Gasteiger partial charge in [0.2, 0.25) is 11.5 Å². The fourth-order valence-corrected chi connectivity index (χ4v) is 2.24. The van der Waals surface area contributed by atoms with E-state index in [2.05, 4.69) is 5.16 Å². The summed E-state index contributed by atoms with van der Waals surface area (Å²) in [6.45, 7) is 1.03. The first kappa shape index (κ1) is 14.0. The summed E-state index contributed by atoms with van der Waals surface area (Å²) in [7, 11) is 0. The van der Waals surface area contributed by atoms with E-state index in [4.69, 9.17) is 14.0 Å². The average molecular weight is 287 g/mol. The molecule has 110 valence electrons. The van der Waals surface area contributed by atoms with Gasteiger partial charge in [0.25, 0.3) is 0 Å². The van der Waals surface area contributed by atoms with E-state index in [0.717, 1.165) is 25.9 Å². The summed E-state index contributed by atoms with van der Waals surface area (Å²) in [5, 5.41) is 3.87. The van der Waals surface area contributed by atoms with Crippen molar-refractivity contribution in [1.82, 2.24) is 5.16 Å². The molecule has 5 nitrogen and oxygen atoms in total. The molecule has 0 spiro atoms. The van der Waals surface area contributed by atoms with E-state index in [1.807, 2.05) is 18.2 Å². The van der Waals surface area contributed by atoms with Crippen LogP contribution in [-0.4, -0.2) is 23.8 Å². The molecule has 2 heterocycles. The van der Waals surface area contributed by atoms with E-state index in [1.54, 1.807) is 18.2 Å². The van der Waals surface area contributed by atoms with Crippen LogP contribution >= 0.6 is 0 Å². The van der Waals surface area contributed by atoms with Crippen molar-refractivity contribution in [3.63, 3.8) is 0 Å². The van der Waals surface area contributed by atoms with E-state index < -0.39 is 0 Å². The lowest BCUT2D eigenvalue weighted by Crippen LogP contribution is -2.22. The van der Waals surface area contributed by atoms with Gasteiger partial charge in [-0.15, -0.1) is 0 Å². The minimum absolute atomic E-state index is 0.177. The highest BCUT2D eigenvalue weighted by Gasteiger charge is 2.17. The summed E-state index contributed by atoms with van der Waals surface area (Å²) in [5.41, 5.74) is 1.18. The Kier molecular flexibility index (Phi) is 4.43. The quantitative estimate of drug-likeness (QED) is 0.791. The molecule has 0 aliphatic carbocycles. The molecule has 0 N–H and O–H groups in total. The monoisotopic (exact) mass is 287 g/mol. The molecule has 0 bridgehead atoms. The van der Waals surface area contributed by atoms with Crippen LogP contribution in [0.25, 0.3) is 0 Å². The molecule has 21 heavy (non-hydrogen) atoms. The van der Waals surface area contributed by atoms with E-state index in [-0.39, 0.29) is 24.4 Å². The number of hydrogen-bond acceptors (Lipinski definition) is 5. The van der Waals surface area contributed by atoms with Gasteiger partial charge in [0.15, 0.2) is 6.29 Å². The number of hydrogen-bond donors (Lipinski definition) is 0. The van der Waals surface area contributed by atoms with Gasteiger partial charge in [0.05, 0.1) is 6.61 Å². The van der Waals surface area contributed by atoms with Crippen molar-refractivity contribution >= 4 is 5.78 Å². The van der Waals surface area contributed by atoms with E-state index in [0.29, 0.717) is 11.3 Å². The molecule has 1 aliphatic rings. The number of ketones is 1. The molecule has 1 unspecified atom stereocenters. The average Bonchev–Trinajstić information content (AvgIpc) is 3.03. The molecular formula is C16H17NO4. The molecule has 5 heteroatoms. The Morgan fingerprint density at radius 3 is 2.90 bits per heavy atom. The van der Waals surface area contributed by atoms with Crippen LogP contribution in [0.4, 0.5) is 0 Å². The zero-order valence-electron chi connectivity index (χ0n) is 11.7. The minimum Gasteiger partial charge on any atom is -0.353 e. The second-order valence-electron chi connectivity index (χ2n) is 4.98. The van der Waals surface area contributed by atoms with Gasteiger partial charge >= 0.3 is 0 Å². The predicted molar refractivity (Wildman–Crippen MR) is 74.8 cm³/mol. The SMILES string of the molecule is O=C(c1ccccc1)c1cc(COC2CCCCO2)no1. The second-order valence-corrected chi connectivity index (χ2v) is 4.98. The normalized spacial score (nSPS) is 18.6. The Morgan fingerprint density at radius 1 is 1.29 bits per heavy atom. The summed E-state index contributed by atoms with van der Waals surface area (Å²) in [6, 6.07) is 10.6. The first-order valence-electron chi connectivity index (χ1n) is 7.11. The van der Waals surface area contributed by atoms with Crippen LogP contribution in [0.15, 0.2) is 40.9 Å². The second kappa shape index (κ2) is 6.65. The van der Waals surface area contributed by atoms with Gasteiger partial charge in [-0.1, -0.05) is 35.5 Å². The highest BCUT2D eigenvalue weighted by molar-refractivity contribution is 6.07. The standard InChI is InChI=1S/C16H17NO4/c18-16(12-6-2-1-3-7-12)14-10-13(17-21-14)11-20-15-8-4-5-9-19-15/h1-3,6-7,10,15H,4-5,8-9,11H2. The number of carbonyl (C=O) groups is 1. The zero-order chi connectivity index (χ0) is 14.5. The highest BCUT2D eigenvalue weighted by Crippen LogP contribution is 2.16. The Hall–Kier alpha value is -1.98.